The summed E-state index contributed by atoms with van der Waals surface area (Å²) >= 11 is 0. The molecular weight excluding hydrogens is 324 g/mol. The smallest absolute Gasteiger partial charge is 0.302 e. The lowest BCUT2D eigenvalue weighted by atomic mass is 9.77. The van der Waals surface area contributed by atoms with Gasteiger partial charge < -0.3 is 9.47 Å². The second-order valence-corrected chi connectivity index (χ2v) is 6.35. The average molecular weight is 338 g/mol. The fourth-order valence-electron chi connectivity index (χ4n) is 3.82. The molecule has 2 saturated heterocycles. The number of rotatable bonds is 3. The maximum absolute atomic E-state index is 13.0. The van der Waals surface area contributed by atoms with Crippen molar-refractivity contribution < 1.29 is 23.9 Å². The molecule has 1 aromatic rings. The van der Waals surface area contributed by atoms with Crippen LogP contribution in [0.1, 0.15) is 12.5 Å². The van der Waals surface area contributed by atoms with Crippen molar-refractivity contribution in [2.75, 3.05) is 11.5 Å². The number of carbonyl (C=O) groups is 3. The van der Waals surface area contributed by atoms with Crippen LogP contribution < -0.4 is 4.90 Å². The van der Waals surface area contributed by atoms with E-state index in [0.717, 1.165) is 4.90 Å². The summed E-state index contributed by atoms with van der Waals surface area (Å²) in [4.78, 5) is 38.1. The largest absolute Gasteiger partial charge is 0.462 e. The highest BCUT2D eigenvalue weighted by atomic mass is 16.6. The summed E-state index contributed by atoms with van der Waals surface area (Å²) in [5.41, 5.74) is -0.223. The minimum Gasteiger partial charge on any atom is -0.462 e. The summed E-state index contributed by atoms with van der Waals surface area (Å²) in [7, 11) is 0. The predicted molar refractivity (Wildman–Crippen MR) is 84.0 cm³/mol. The zero-order valence-electron chi connectivity index (χ0n) is 13.3. The van der Waals surface area contributed by atoms with E-state index in [-0.39, 0.29) is 18.4 Å². The molecule has 3 aliphatic heterocycles. The van der Waals surface area contributed by atoms with Gasteiger partial charge in [-0.1, -0.05) is 6.08 Å². The van der Waals surface area contributed by atoms with Crippen LogP contribution in [0, 0.1) is 23.2 Å². The van der Waals surface area contributed by atoms with Gasteiger partial charge in [-0.25, -0.2) is 4.90 Å². The normalized spacial score (nSPS) is 32.0. The van der Waals surface area contributed by atoms with Crippen LogP contribution >= 0.6 is 0 Å². The van der Waals surface area contributed by atoms with E-state index in [1.807, 2.05) is 6.07 Å². The number of esters is 1. The van der Waals surface area contributed by atoms with Crippen LogP contribution in [0.5, 0.6) is 0 Å². The van der Waals surface area contributed by atoms with Crippen molar-refractivity contribution >= 4 is 23.5 Å². The minimum atomic E-state index is -1.09. The molecule has 2 bridgehead atoms. The van der Waals surface area contributed by atoms with E-state index in [9.17, 15) is 14.4 Å². The molecule has 0 saturated carbocycles. The quantitative estimate of drug-likeness (QED) is 0.462. The molecule has 7 heteroatoms. The third-order valence-electron chi connectivity index (χ3n) is 4.91. The van der Waals surface area contributed by atoms with Crippen molar-refractivity contribution in [2.45, 2.75) is 18.6 Å². The Morgan fingerprint density at radius 3 is 2.68 bits per heavy atom. The van der Waals surface area contributed by atoms with Gasteiger partial charge in [0.15, 0.2) is 0 Å². The molecule has 4 rings (SSSR count). The van der Waals surface area contributed by atoms with Gasteiger partial charge in [-0.3, -0.25) is 14.4 Å². The second kappa shape index (κ2) is 5.26. The van der Waals surface area contributed by atoms with E-state index in [1.165, 1.54) is 6.92 Å². The van der Waals surface area contributed by atoms with Crippen LogP contribution in [0.2, 0.25) is 0 Å². The lowest BCUT2D eigenvalue weighted by molar-refractivity contribution is -0.150. The van der Waals surface area contributed by atoms with E-state index >= 15 is 0 Å². The zero-order chi connectivity index (χ0) is 17.8. The Morgan fingerprint density at radius 2 is 2.04 bits per heavy atom. The Kier molecular flexibility index (Phi) is 3.27. The maximum Gasteiger partial charge on any atom is 0.302 e. The van der Waals surface area contributed by atoms with Gasteiger partial charge in [-0.2, -0.15) is 5.26 Å². The zero-order valence-corrected chi connectivity index (χ0v) is 13.3. The van der Waals surface area contributed by atoms with Crippen LogP contribution in [0.25, 0.3) is 0 Å². The topological polar surface area (TPSA) is 96.7 Å². The standard InChI is InChI=1S/C18H14N2O5/c1-10(21)24-9-18-7-6-13(25-18)14-15(18)17(23)20(16(14)22)12-4-2-11(8-19)3-5-12/h2-7,13-15H,9H2,1H3/t13-,14+,15-,18-/m1/s1. The minimum absolute atomic E-state index is 0.100. The SMILES string of the molecule is CC(=O)OC[C@@]12C=C[C@@H](O1)[C@@H]1C(=O)N(c3ccc(C#N)cc3)C(=O)[C@@H]12. The number of anilines is 1. The van der Waals surface area contributed by atoms with Gasteiger partial charge in [0.2, 0.25) is 11.8 Å². The summed E-state index contributed by atoms with van der Waals surface area (Å²) in [6.45, 7) is 1.18. The van der Waals surface area contributed by atoms with Crippen molar-refractivity contribution in [3.05, 3.63) is 42.0 Å². The van der Waals surface area contributed by atoms with Gasteiger partial charge in [0.25, 0.3) is 0 Å². The number of hydrogen-bond acceptors (Lipinski definition) is 6. The Morgan fingerprint density at radius 1 is 1.32 bits per heavy atom. The molecule has 0 unspecified atom stereocenters. The van der Waals surface area contributed by atoms with Gasteiger partial charge in [-0.05, 0) is 30.3 Å². The molecule has 7 nitrogen and oxygen atoms in total. The third-order valence-corrected chi connectivity index (χ3v) is 4.91. The van der Waals surface area contributed by atoms with E-state index in [2.05, 4.69) is 0 Å². The van der Waals surface area contributed by atoms with E-state index in [4.69, 9.17) is 14.7 Å². The van der Waals surface area contributed by atoms with Gasteiger partial charge in [-0.15, -0.1) is 0 Å². The van der Waals surface area contributed by atoms with Crippen LogP contribution in [0.3, 0.4) is 0 Å². The van der Waals surface area contributed by atoms with Crippen molar-refractivity contribution in [3.63, 3.8) is 0 Å². The Hall–Kier alpha value is -2.98. The highest BCUT2D eigenvalue weighted by Gasteiger charge is 2.68. The first kappa shape index (κ1) is 15.5. The molecule has 0 radical (unpaired) electrons. The average Bonchev–Trinajstić information content (AvgIpc) is 3.24. The molecule has 0 spiro atoms. The van der Waals surface area contributed by atoms with E-state index in [1.54, 1.807) is 36.4 Å². The molecule has 0 aromatic heterocycles. The van der Waals surface area contributed by atoms with Crippen LogP contribution in [0.4, 0.5) is 5.69 Å². The molecule has 3 aliphatic rings. The summed E-state index contributed by atoms with van der Waals surface area (Å²) in [6, 6.07) is 8.26. The number of carbonyl (C=O) groups excluding carboxylic acids is 3. The van der Waals surface area contributed by atoms with Gasteiger partial charge in [0.1, 0.15) is 12.2 Å². The van der Waals surface area contributed by atoms with Gasteiger partial charge >= 0.3 is 5.97 Å². The number of benzene rings is 1. The summed E-state index contributed by atoms with van der Waals surface area (Å²) in [6.07, 6.45) is 2.97. The van der Waals surface area contributed by atoms with E-state index in [0.29, 0.717) is 11.3 Å². The third kappa shape index (κ3) is 2.11. The lowest BCUT2D eigenvalue weighted by Gasteiger charge is -2.28. The number of hydrogen-bond donors (Lipinski definition) is 0. The number of nitriles is 1. The van der Waals surface area contributed by atoms with Crippen molar-refractivity contribution in [1.82, 2.24) is 0 Å². The molecule has 126 valence electrons. The van der Waals surface area contributed by atoms with Crippen molar-refractivity contribution in [1.29, 1.82) is 5.26 Å². The number of ether oxygens (including phenoxy) is 2. The monoisotopic (exact) mass is 338 g/mol. The van der Waals surface area contributed by atoms with E-state index < -0.39 is 29.5 Å². The molecule has 2 amide bonds. The number of imide groups is 1. The molecule has 25 heavy (non-hydrogen) atoms. The molecule has 1 aromatic carbocycles. The number of amides is 2. The highest BCUT2D eigenvalue weighted by Crippen LogP contribution is 2.52. The summed E-state index contributed by atoms with van der Waals surface area (Å²) in [5.74, 6) is -2.52. The van der Waals surface area contributed by atoms with Crippen LogP contribution in [-0.4, -0.2) is 36.1 Å². The second-order valence-electron chi connectivity index (χ2n) is 6.35. The first-order valence-electron chi connectivity index (χ1n) is 7.85. The Bertz CT molecular complexity index is 853. The molecule has 0 aliphatic carbocycles. The Labute approximate surface area is 143 Å². The summed E-state index contributed by atoms with van der Waals surface area (Å²) in [5, 5.41) is 8.88. The molecule has 2 fully saturated rings. The molecular formula is C18H14N2O5. The predicted octanol–water partition coefficient (Wildman–Crippen LogP) is 0.934. The molecule has 3 heterocycles. The van der Waals surface area contributed by atoms with Crippen molar-refractivity contribution in [3.8, 4) is 6.07 Å². The Balaban J connectivity index is 1.68. The molecule has 4 atom stereocenters. The first-order chi connectivity index (χ1) is 12.0. The van der Waals surface area contributed by atoms with Crippen molar-refractivity contribution in [2.24, 2.45) is 11.8 Å². The van der Waals surface area contributed by atoms with Gasteiger partial charge in [0, 0.05) is 6.92 Å². The highest BCUT2D eigenvalue weighted by molar-refractivity contribution is 6.23. The number of nitrogens with zero attached hydrogens (tertiary/aromatic N) is 2. The fourth-order valence-corrected chi connectivity index (χ4v) is 3.82. The summed E-state index contributed by atoms with van der Waals surface area (Å²) < 4.78 is 10.9. The molecule has 0 N–H and O–H groups in total. The first-order valence-corrected chi connectivity index (χ1v) is 7.85. The van der Waals surface area contributed by atoms with Crippen LogP contribution in [0.15, 0.2) is 36.4 Å². The van der Waals surface area contributed by atoms with Gasteiger partial charge in [0.05, 0.1) is 35.3 Å². The fraction of sp³-hybridized carbons (Fsp3) is 0.333. The van der Waals surface area contributed by atoms with Crippen LogP contribution in [-0.2, 0) is 23.9 Å². The number of fused-ring (bicyclic) bond motifs is 5. The maximum atomic E-state index is 13.0. The lowest BCUT2D eigenvalue weighted by Crippen LogP contribution is -2.44.